The van der Waals surface area contributed by atoms with E-state index in [1.807, 2.05) is 32.9 Å². The molecule has 2 aromatic rings. The van der Waals surface area contributed by atoms with Crippen LogP contribution in [-0.4, -0.2) is 10.9 Å². The lowest BCUT2D eigenvalue weighted by Gasteiger charge is -2.10. The fourth-order valence-corrected chi connectivity index (χ4v) is 1.87. The van der Waals surface area contributed by atoms with Gasteiger partial charge in [-0.25, -0.2) is 0 Å². The SMILES string of the molecule is Cc1ccc(NC(=O)c2ccncc2C)c(C)c1. The lowest BCUT2D eigenvalue weighted by molar-refractivity contribution is 0.102. The van der Waals surface area contributed by atoms with Crippen LogP contribution >= 0.6 is 0 Å². The lowest BCUT2D eigenvalue weighted by Crippen LogP contribution is -2.14. The topological polar surface area (TPSA) is 42.0 Å². The molecule has 0 aliphatic rings. The van der Waals surface area contributed by atoms with E-state index in [0.717, 1.165) is 16.8 Å². The minimum absolute atomic E-state index is 0.0955. The van der Waals surface area contributed by atoms with Crippen LogP contribution < -0.4 is 5.32 Å². The highest BCUT2D eigenvalue weighted by molar-refractivity contribution is 6.05. The summed E-state index contributed by atoms with van der Waals surface area (Å²) in [5, 5.41) is 2.93. The van der Waals surface area contributed by atoms with Crippen LogP contribution in [0.15, 0.2) is 36.7 Å². The average Bonchev–Trinajstić information content (AvgIpc) is 2.33. The largest absolute Gasteiger partial charge is 0.322 e. The molecule has 1 aromatic carbocycles. The summed E-state index contributed by atoms with van der Waals surface area (Å²) in [4.78, 5) is 16.1. The molecule has 92 valence electrons. The maximum Gasteiger partial charge on any atom is 0.256 e. The van der Waals surface area contributed by atoms with Gasteiger partial charge in [0.15, 0.2) is 0 Å². The summed E-state index contributed by atoms with van der Waals surface area (Å²) in [6.07, 6.45) is 3.32. The Labute approximate surface area is 107 Å². The fourth-order valence-electron chi connectivity index (χ4n) is 1.87. The highest BCUT2D eigenvalue weighted by Gasteiger charge is 2.09. The molecule has 0 spiro atoms. The van der Waals surface area contributed by atoms with Crippen molar-refractivity contribution in [3.05, 3.63) is 58.9 Å². The molecule has 1 heterocycles. The van der Waals surface area contributed by atoms with Crippen molar-refractivity contribution in [2.24, 2.45) is 0 Å². The van der Waals surface area contributed by atoms with E-state index >= 15 is 0 Å². The first kappa shape index (κ1) is 12.3. The third-order valence-corrected chi connectivity index (χ3v) is 2.90. The zero-order valence-electron chi connectivity index (χ0n) is 10.8. The second kappa shape index (κ2) is 5.00. The van der Waals surface area contributed by atoms with Crippen molar-refractivity contribution >= 4 is 11.6 Å². The number of hydrogen-bond acceptors (Lipinski definition) is 2. The minimum Gasteiger partial charge on any atom is -0.322 e. The van der Waals surface area contributed by atoms with Crippen molar-refractivity contribution in [1.82, 2.24) is 4.98 Å². The zero-order valence-corrected chi connectivity index (χ0v) is 10.8. The Morgan fingerprint density at radius 2 is 1.89 bits per heavy atom. The molecule has 0 atom stereocenters. The van der Waals surface area contributed by atoms with Crippen molar-refractivity contribution in [2.75, 3.05) is 5.32 Å². The van der Waals surface area contributed by atoms with Crippen molar-refractivity contribution in [2.45, 2.75) is 20.8 Å². The number of carbonyl (C=O) groups excluding carboxylic acids is 1. The van der Waals surface area contributed by atoms with E-state index in [0.29, 0.717) is 5.56 Å². The number of carbonyl (C=O) groups is 1. The Kier molecular flexibility index (Phi) is 3.42. The van der Waals surface area contributed by atoms with Crippen LogP contribution in [0.25, 0.3) is 0 Å². The first-order chi connectivity index (χ1) is 8.58. The van der Waals surface area contributed by atoms with Gasteiger partial charge in [0.1, 0.15) is 0 Å². The molecule has 0 fully saturated rings. The van der Waals surface area contributed by atoms with Gasteiger partial charge >= 0.3 is 0 Å². The third kappa shape index (κ3) is 2.56. The van der Waals surface area contributed by atoms with Gasteiger partial charge in [-0.2, -0.15) is 0 Å². The molecule has 1 N–H and O–H groups in total. The van der Waals surface area contributed by atoms with Crippen LogP contribution in [0.1, 0.15) is 27.0 Å². The smallest absolute Gasteiger partial charge is 0.256 e. The van der Waals surface area contributed by atoms with Gasteiger partial charge in [0, 0.05) is 23.6 Å². The van der Waals surface area contributed by atoms with Gasteiger partial charge in [0.25, 0.3) is 5.91 Å². The van der Waals surface area contributed by atoms with E-state index in [1.54, 1.807) is 18.5 Å². The Morgan fingerprint density at radius 1 is 1.11 bits per heavy atom. The number of amides is 1. The van der Waals surface area contributed by atoms with Crippen LogP contribution in [-0.2, 0) is 0 Å². The van der Waals surface area contributed by atoms with Gasteiger partial charge in [0.2, 0.25) is 0 Å². The van der Waals surface area contributed by atoms with Gasteiger partial charge in [0.05, 0.1) is 0 Å². The summed E-state index contributed by atoms with van der Waals surface area (Å²) in [5.74, 6) is -0.0955. The summed E-state index contributed by atoms with van der Waals surface area (Å²) in [6, 6.07) is 7.70. The number of anilines is 1. The number of aryl methyl sites for hydroxylation is 3. The van der Waals surface area contributed by atoms with Gasteiger partial charge in [-0.05, 0) is 44.0 Å². The summed E-state index contributed by atoms with van der Waals surface area (Å²) in [7, 11) is 0. The molecule has 3 heteroatoms. The molecule has 0 aliphatic carbocycles. The molecule has 0 bridgehead atoms. The predicted octanol–water partition coefficient (Wildman–Crippen LogP) is 3.26. The zero-order chi connectivity index (χ0) is 13.1. The molecule has 1 aromatic heterocycles. The molecular formula is C15H16N2O. The molecule has 0 radical (unpaired) electrons. The van der Waals surface area contributed by atoms with Gasteiger partial charge < -0.3 is 5.32 Å². The van der Waals surface area contributed by atoms with Crippen molar-refractivity contribution < 1.29 is 4.79 Å². The molecule has 0 saturated carbocycles. The maximum atomic E-state index is 12.1. The number of rotatable bonds is 2. The van der Waals surface area contributed by atoms with E-state index in [9.17, 15) is 4.79 Å². The van der Waals surface area contributed by atoms with Crippen LogP contribution in [0, 0.1) is 20.8 Å². The molecule has 1 amide bonds. The van der Waals surface area contributed by atoms with Crippen LogP contribution in [0.3, 0.4) is 0 Å². The first-order valence-electron chi connectivity index (χ1n) is 5.87. The second-order valence-electron chi connectivity index (χ2n) is 4.46. The quantitative estimate of drug-likeness (QED) is 0.875. The van der Waals surface area contributed by atoms with Gasteiger partial charge in [-0.1, -0.05) is 17.7 Å². The average molecular weight is 240 g/mol. The van der Waals surface area contributed by atoms with E-state index in [1.165, 1.54) is 5.56 Å². The van der Waals surface area contributed by atoms with Crippen LogP contribution in [0.5, 0.6) is 0 Å². The van der Waals surface area contributed by atoms with Crippen molar-refractivity contribution in [1.29, 1.82) is 0 Å². The van der Waals surface area contributed by atoms with E-state index in [2.05, 4.69) is 16.4 Å². The molecule has 0 aliphatic heterocycles. The second-order valence-corrected chi connectivity index (χ2v) is 4.46. The first-order valence-corrected chi connectivity index (χ1v) is 5.87. The standard InChI is InChI=1S/C15H16N2O/c1-10-4-5-14(11(2)8-10)17-15(18)13-6-7-16-9-12(13)3/h4-9H,1-3H3,(H,17,18). The third-order valence-electron chi connectivity index (χ3n) is 2.90. The fraction of sp³-hybridized carbons (Fsp3) is 0.200. The van der Waals surface area contributed by atoms with E-state index in [-0.39, 0.29) is 5.91 Å². The number of pyridine rings is 1. The summed E-state index contributed by atoms with van der Waals surface area (Å²) < 4.78 is 0. The monoisotopic (exact) mass is 240 g/mol. The predicted molar refractivity (Wildman–Crippen MR) is 72.8 cm³/mol. The highest BCUT2D eigenvalue weighted by Crippen LogP contribution is 2.17. The van der Waals surface area contributed by atoms with Crippen LogP contribution in [0.2, 0.25) is 0 Å². The molecular weight excluding hydrogens is 224 g/mol. The summed E-state index contributed by atoms with van der Waals surface area (Å²) in [5.41, 5.74) is 4.63. The van der Waals surface area contributed by atoms with Gasteiger partial charge in [-0.15, -0.1) is 0 Å². The number of nitrogens with zero attached hydrogens (tertiary/aromatic N) is 1. The Bertz CT molecular complexity index is 591. The molecule has 2 rings (SSSR count). The number of aromatic nitrogens is 1. The number of benzene rings is 1. The Balaban J connectivity index is 2.24. The highest BCUT2D eigenvalue weighted by atomic mass is 16.1. The van der Waals surface area contributed by atoms with E-state index < -0.39 is 0 Å². The molecule has 0 unspecified atom stereocenters. The molecule has 18 heavy (non-hydrogen) atoms. The van der Waals surface area contributed by atoms with Gasteiger partial charge in [-0.3, -0.25) is 9.78 Å². The molecule has 0 saturated heterocycles. The number of nitrogens with one attached hydrogen (secondary N) is 1. The number of hydrogen-bond donors (Lipinski definition) is 1. The van der Waals surface area contributed by atoms with Crippen molar-refractivity contribution in [3.8, 4) is 0 Å². The molecule has 3 nitrogen and oxygen atoms in total. The summed E-state index contributed by atoms with van der Waals surface area (Å²) in [6.45, 7) is 5.90. The van der Waals surface area contributed by atoms with Crippen LogP contribution in [0.4, 0.5) is 5.69 Å². The Hall–Kier alpha value is -2.16. The normalized spacial score (nSPS) is 10.2. The summed E-state index contributed by atoms with van der Waals surface area (Å²) >= 11 is 0. The minimum atomic E-state index is -0.0955. The maximum absolute atomic E-state index is 12.1. The van der Waals surface area contributed by atoms with E-state index in [4.69, 9.17) is 0 Å². The Morgan fingerprint density at radius 3 is 2.56 bits per heavy atom. The van der Waals surface area contributed by atoms with Crippen molar-refractivity contribution in [3.63, 3.8) is 0 Å². The lowest BCUT2D eigenvalue weighted by atomic mass is 10.1.